The first kappa shape index (κ1) is 13.1. The molecule has 0 saturated heterocycles. The molecule has 0 unspecified atom stereocenters. The number of amides is 1. The van der Waals surface area contributed by atoms with Gasteiger partial charge >= 0.3 is 0 Å². The predicted molar refractivity (Wildman–Crippen MR) is 72.7 cm³/mol. The van der Waals surface area contributed by atoms with Crippen molar-refractivity contribution in [3.05, 3.63) is 52.3 Å². The molecule has 0 radical (unpaired) electrons. The minimum Gasteiger partial charge on any atom is -0.506 e. The Morgan fingerprint density at radius 1 is 1.37 bits per heavy atom. The number of carbonyl (C=O) groups excluding carboxylic acids is 1. The summed E-state index contributed by atoms with van der Waals surface area (Å²) in [5, 5.41) is 20.7. The number of hydrogen-bond acceptors (Lipinski definition) is 4. The number of nitrogens with zero attached hydrogens (tertiary/aromatic N) is 2. The number of anilines is 1. The van der Waals surface area contributed by atoms with Crippen molar-refractivity contribution in [1.29, 1.82) is 5.26 Å². The van der Waals surface area contributed by atoms with Crippen molar-refractivity contribution >= 4 is 27.5 Å². The lowest BCUT2D eigenvalue weighted by molar-refractivity contribution is 0.102. The molecule has 5 nitrogen and oxygen atoms in total. The fourth-order valence-electron chi connectivity index (χ4n) is 1.43. The molecule has 2 aromatic rings. The average molecular weight is 318 g/mol. The average Bonchev–Trinajstić information content (AvgIpc) is 2.41. The van der Waals surface area contributed by atoms with Gasteiger partial charge in [0.1, 0.15) is 5.75 Å². The lowest BCUT2D eigenvalue weighted by atomic mass is 10.2. The van der Waals surface area contributed by atoms with E-state index in [1.807, 2.05) is 6.07 Å². The summed E-state index contributed by atoms with van der Waals surface area (Å²) in [6, 6.07) is 8.15. The molecule has 2 rings (SSSR count). The van der Waals surface area contributed by atoms with E-state index >= 15 is 0 Å². The highest BCUT2D eigenvalue weighted by Crippen LogP contribution is 2.24. The van der Waals surface area contributed by atoms with Crippen LogP contribution in [0.5, 0.6) is 5.75 Å². The molecule has 1 amide bonds. The van der Waals surface area contributed by atoms with Gasteiger partial charge in [-0.3, -0.25) is 9.78 Å². The molecular formula is C13H8BrN3O2. The number of halogens is 1. The normalized spacial score (nSPS) is 9.68. The maximum Gasteiger partial charge on any atom is 0.257 e. The van der Waals surface area contributed by atoms with Crippen LogP contribution in [-0.4, -0.2) is 16.0 Å². The predicted octanol–water partition coefficient (Wildman–Crippen LogP) is 2.67. The van der Waals surface area contributed by atoms with E-state index in [0.717, 1.165) is 0 Å². The smallest absolute Gasteiger partial charge is 0.257 e. The van der Waals surface area contributed by atoms with E-state index < -0.39 is 5.91 Å². The van der Waals surface area contributed by atoms with Gasteiger partial charge in [-0.15, -0.1) is 0 Å². The van der Waals surface area contributed by atoms with E-state index in [4.69, 9.17) is 5.26 Å². The molecule has 0 aliphatic heterocycles. The second-order valence-electron chi connectivity index (χ2n) is 3.69. The first-order valence-corrected chi connectivity index (χ1v) is 6.04. The van der Waals surface area contributed by atoms with Crippen molar-refractivity contribution in [1.82, 2.24) is 4.98 Å². The molecule has 0 aliphatic rings. The van der Waals surface area contributed by atoms with Crippen LogP contribution in [-0.2, 0) is 0 Å². The van der Waals surface area contributed by atoms with E-state index in [1.54, 1.807) is 18.2 Å². The molecule has 0 spiro atoms. The molecular weight excluding hydrogens is 310 g/mol. The SMILES string of the molecule is N#Cc1ccc(NC(=O)c2cncc(O)c2)c(Br)c1. The maximum atomic E-state index is 11.9. The highest BCUT2D eigenvalue weighted by Gasteiger charge is 2.09. The number of nitriles is 1. The molecule has 94 valence electrons. The van der Waals surface area contributed by atoms with E-state index in [0.29, 0.717) is 15.7 Å². The van der Waals surface area contributed by atoms with Crippen LogP contribution in [0.3, 0.4) is 0 Å². The lowest BCUT2D eigenvalue weighted by Crippen LogP contribution is -2.12. The molecule has 0 atom stereocenters. The van der Waals surface area contributed by atoms with Crippen molar-refractivity contribution in [3.8, 4) is 11.8 Å². The van der Waals surface area contributed by atoms with Gasteiger partial charge in [-0.2, -0.15) is 5.26 Å². The molecule has 2 N–H and O–H groups in total. The molecule has 0 bridgehead atoms. The highest BCUT2D eigenvalue weighted by molar-refractivity contribution is 9.10. The zero-order valence-corrected chi connectivity index (χ0v) is 11.2. The Hall–Kier alpha value is -2.39. The quantitative estimate of drug-likeness (QED) is 0.891. The lowest BCUT2D eigenvalue weighted by Gasteiger charge is -2.07. The van der Waals surface area contributed by atoms with Crippen LogP contribution < -0.4 is 5.32 Å². The Morgan fingerprint density at radius 3 is 2.79 bits per heavy atom. The second-order valence-corrected chi connectivity index (χ2v) is 4.55. The van der Waals surface area contributed by atoms with Gasteiger partial charge in [0, 0.05) is 10.7 Å². The van der Waals surface area contributed by atoms with Crippen molar-refractivity contribution in [2.24, 2.45) is 0 Å². The number of aromatic hydroxyl groups is 1. The van der Waals surface area contributed by atoms with Gasteiger partial charge in [-0.1, -0.05) is 0 Å². The van der Waals surface area contributed by atoms with Gasteiger partial charge in [0.25, 0.3) is 5.91 Å². The van der Waals surface area contributed by atoms with Crippen LogP contribution in [0.1, 0.15) is 15.9 Å². The van der Waals surface area contributed by atoms with Crippen LogP contribution >= 0.6 is 15.9 Å². The van der Waals surface area contributed by atoms with Gasteiger partial charge in [0.05, 0.1) is 29.1 Å². The number of carbonyl (C=O) groups is 1. The van der Waals surface area contributed by atoms with Crippen molar-refractivity contribution in [3.63, 3.8) is 0 Å². The van der Waals surface area contributed by atoms with E-state index in [9.17, 15) is 9.90 Å². The van der Waals surface area contributed by atoms with Crippen LogP contribution in [0, 0.1) is 11.3 Å². The third-order valence-electron chi connectivity index (χ3n) is 2.33. The number of rotatable bonds is 2. The van der Waals surface area contributed by atoms with Crippen molar-refractivity contribution in [2.75, 3.05) is 5.32 Å². The van der Waals surface area contributed by atoms with E-state index in [2.05, 4.69) is 26.2 Å². The Balaban J connectivity index is 2.22. The third kappa shape index (κ3) is 3.09. The molecule has 1 aromatic heterocycles. The monoisotopic (exact) mass is 317 g/mol. The Kier molecular flexibility index (Phi) is 3.78. The summed E-state index contributed by atoms with van der Waals surface area (Å²) < 4.78 is 0.605. The Labute approximate surface area is 117 Å². The highest BCUT2D eigenvalue weighted by atomic mass is 79.9. The number of pyridine rings is 1. The number of aromatic nitrogens is 1. The summed E-state index contributed by atoms with van der Waals surface area (Å²) in [4.78, 5) is 15.7. The molecule has 0 saturated carbocycles. The van der Waals surface area contributed by atoms with E-state index in [-0.39, 0.29) is 11.3 Å². The summed E-state index contributed by atoms with van der Waals surface area (Å²) in [5.74, 6) is -0.472. The van der Waals surface area contributed by atoms with Gasteiger partial charge < -0.3 is 10.4 Å². The van der Waals surface area contributed by atoms with Crippen LogP contribution in [0.2, 0.25) is 0 Å². The summed E-state index contributed by atoms with van der Waals surface area (Å²) >= 11 is 3.27. The number of nitrogens with one attached hydrogen (secondary N) is 1. The Morgan fingerprint density at radius 2 is 2.16 bits per heavy atom. The largest absolute Gasteiger partial charge is 0.506 e. The molecule has 6 heteroatoms. The van der Waals surface area contributed by atoms with Gasteiger partial charge in [0.15, 0.2) is 0 Å². The van der Waals surface area contributed by atoms with E-state index in [1.165, 1.54) is 18.5 Å². The third-order valence-corrected chi connectivity index (χ3v) is 2.99. The topological polar surface area (TPSA) is 86.0 Å². The van der Waals surface area contributed by atoms with Crippen molar-refractivity contribution in [2.45, 2.75) is 0 Å². The van der Waals surface area contributed by atoms with Crippen LogP contribution in [0.15, 0.2) is 41.1 Å². The number of benzene rings is 1. The van der Waals surface area contributed by atoms with Crippen LogP contribution in [0.25, 0.3) is 0 Å². The fraction of sp³-hybridized carbons (Fsp3) is 0. The molecule has 1 heterocycles. The summed E-state index contributed by atoms with van der Waals surface area (Å²) in [6.45, 7) is 0. The first-order chi connectivity index (χ1) is 9.10. The number of hydrogen-bond donors (Lipinski definition) is 2. The van der Waals surface area contributed by atoms with Crippen molar-refractivity contribution < 1.29 is 9.90 Å². The summed E-state index contributed by atoms with van der Waals surface area (Å²) in [7, 11) is 0. The van der Waals surface area contributed by atoms with Gasteiger partial charge in [-0.25, -0.2) is 0 Å². The summed E-state index contributed by atoms with van der Waals surface area (Å²) in [6.07, 6.45) is 2.60. The van der Waals surface area contributed by atoms with Gasteiger partial charge in [-0.05, 0) is 40.2 Å². The first-order valence-electron chi connectivity index (χ1n) is 5.25. The zero-order chi connectivity index (χ0) is 13.8. The molecule has 19 heavy (non-hydrogen) atoms. The maximum absolute atomic E-state index is 11.9. The molecule has 0 fully saturated rings. The minimum absolute atomic E-state index is 0.0773. The fourth-order valence-corrected chi connectivity index (χ4v) is 1.91. The van der Waals surface area contributed by atoms with Crippen LogP contribution in [0.4, 0.5) is 5.69 Å². The zero-order valence-electron chi connectivity index (χ0n) is 9.59. The second kappa shape index (κ2) is 5.50. The Bertz CT molecular complexity index is 680. The summed E-state index contributed by atoms with van der Waals surface area (Å²) in [5.41, 5.74) is 1.27. The molecule has 0 aliphatic carbocycles. The standard InChI is InChI=1S/C13H8BrN3O2/c14-11-3-8(5-15)1-2-12(11)17-13(19)9-4-10(18)7-16-6-9/h1-4,6-7,18H,(H,17,19). The minimum atomic E-state index is -0.395. The van der Waals surface area contributed by atoms with Gasteiger partial charge in [0.2, 0.25) is 0 Å². The molecule has 1 aromatic carbocycles.